The number of hydrogen-bond acceptors (Lipinski definition) is 5. The van der Waals surface area contributed by atoms with Crippen LogP contribution in [0.5, 0.6) is 6.01 Å². The number of piperidine rings is 1. The fourth-order valence-corrected chi connectivity index (χ4v) is 4.44. The zero-order valence-corrected chi connectivity index (χ0v) is 18.9. The van der Waals surface area contributed by atoms with E-state index in [0.29, 0.717) is 24.2 Å². The molecule has 7 heteroatoms. The highest BCUT2D eigenvalue weighted by Gasteiger charge is 2.22. The maximum Gasteiger partial charge on any atom is 0.302 e. The minimum absolute atomic E-state index is 0.478. The van der Waals surface area contributed by atoms with Gasteiger partial charge in [0, 0.05) is 42.3 Å². The first-order valence-electron chi connectivity index (χ1n) is 11.2. The summed E-state index contributed by atoms with van der Waals surface area (Å²) in [4.78, 5) is 20.0. The summed E-state index contributed by atoms with van der Waals surface area (Å²) in [5, 5.41) is 0. The van der Waals surface area contributed by atoms with Crippen molar-refractivity contribution in [3.05, 3.63) is 72.1 Å². The van der Waals surface area contributed by atoms with E-state index in [0.717, 1.165) is 53.2 Å². The molecule has 5 rings (SSSR count). The van der Waals surface area contributed by atoms with Crippen molar-refractivity contribution in [2.75, 3.05) is 26.7 Å². The van der Waals surface area contributed by atoms with Gasteiger partial charge < -0.3 is 9.64 Å². The van der Waals surface area contributed by atoms with Gasteiger partial charge in [0.2, 0.25) is 0 Å². The molecule has 1 atom stereocenters. The van der Waals surface area contributed by atoms with Gasteiger partial charge >= 0.3 is 6.01 Å². The molecule has 1 aromatic carbocycles. The average Bonchev–Trinajstić information content (AvgIpc) is 3.33. The molecule has 0 saturated carbocycles. The molecule has 0 radical (unpaired) electrons. The first-order valence-corrected chi connectivity index (χ1v) is 11.2. The van der Waals surface area contributed by atoms with E-state index in [2.05, 4.69) is 26.8 Å². The smallest absolute Gasteiger partial charge is 0.302 e. The van der Waals surface area contributed by atoms with Crippen LogP contribution < -0.4 is 4.74 Å². The van der Waals surface area contributed by atoms with E-state index in [9.17, 15) is 0 Å². The number of ether oxygens (including phenoxy) is 1. The van der Waals surface area contributed by atoms with Crippen molar-refractivity contribution in [1.82, 2.24) is 24.3 Å². The number of imidazole rings is 1. The van der Waals surface area contributed by atoms with Crippen molar-refractivity contribution in [3.63, 3.8) is 0 Å². The number of benzene rings is 1. The summed E-state index contributed by atoms with van der Waals surface area (Å²) in [5.74, 6) is 0.478. The van der Waals surface area contributed by atoms with Crippen molar-refractivity contribution in [2.24, 2.45) is 5.92 Å². The zero-order chi connectivity index (χ0) is 22.8. The van der Waals surface area contributed by atoms with Gasteiger partial charge in [0.25, 0.3) is 0 Å². The topological polar surface area (TPSA) is 59.9 Å². The summed E-state index contributed by atoms with van der Waals surface area (Å²) >= 11 is 0. The third-order valence-corrected chi connectivity index (χ3v) is 6.15. The molecule has 4 heterocycles. The number of likely N-dealkylation sites (tertiary alicyclic amines) is 1. The van der Waals surface area contributed by atoms with Crippen LogP contribution in [0.1, 0.15) is 18.5 Å². The number of fused-ring (bicyclic) bond motifs is 1. The molecule has 0 amide bonds. The van der Waals surface area contributed by atoms with Crippen molar-refractivity contribution in [2.45, 2.75) is 19.8 Å². The number of pyridine rings is 1. The largest absolute Gasteiger partial charge is 0.464 e. The third-order valence-electron chi connectivity index (χ3n) is 6.15. The number of aryl methyl sites for hydroxylation is 1. The second-order valence-corrected chi connectivity index (χ2v) is 8.67. The van der Waals surface area contributed by atoms with Crippen LogP contribution in [-0.4, -0.2) is 51.0 Å². The maximum absolute atomic E-state index is 7.27. The van der Waals surface area contributed by atoms with Gasteiger partial charge in [0.05, 0.1) is 24.4 Å². The Hall–Kier alpha value is -3.76. The molecule has 0 bridgehead atoms. The van der Waals surface area contributed by atoms with E-state index in [1.807, 2.05) is 60.1 Å². The van der Waals surface area contributed by atoms with Crippen molar-refractivity contribution in [3.8, 4) is 28.4 Å². The molecule has 1 aliphatic rings. The van der Waals surface area contributed by atoms with Crippen LogP contribution in [0.15, 0.2) is 55.0 Å². The van der Waals surface area contributed by atoms with Crippen LogP contribution in [0.25, 0.3) is 32.9 Å². The monoisotopic (exact) mass is 438 g/mol. The Morgan fingerprint density at radius 3 is 2.67 bits per heavy atom. The normalized spacial score (nSPS) is 16.6. The highest BCUT2D eigenvalue weighted by Crippen LogP contribution is 2.36. The van der Waals surface area contributed by atoms with E-state index in [1.54, 1.807) is 6.20 Å². The lowest BCUT2D eigenvalue weighted by Crippen LogP contribution is -2.35. The summed E-state index contributed by atoms with van der Waals surface area (Å²) in [5.41, 5.74) is 5.83. The number of hydrogen-bond donors (Lipinski definition) is 0. The highest BCUT2D eigenvalue weighted by molar-refractivity contribution is 5.90. The molecule has 4 aromatic rings. The van der Waals surface area contributed by atoms with Gasteiger partial charge in [-0.1, -0.05) is 30.3 Å². The Kier molecular flexibility index (Phi) is 5.76. The molecule has 1 aliphatic heterocycles. The van der Waals surface area contributed by atoms with Crippen molar-refractivity contribution < 1.29 is 4.74 Å². The van der Waals surface area contributed by atoms with Gasteiger partial charge in [0.15, 0.2) is 11.3 Å². The number of nitrogens with zero attached hydrogens (tertiary/aromatic N) is 6. The Bertz CT molecular complexity index is 1300. The van der Waals surface area contributed by atoms with Crippen LogP contribution >= 0.6 is 0 Å². The standard InChI is InChI=1S/C26H26N6O/c1-18-6-7-21(15-29-18)23-24(20-8-10-22(27-2)11-9-20)30-26(32-14-12-28-25(23)32)33-17-19-5-4-13-31(3)16-19/h6-12,14-15,19H,4-5,13,16-17H2,1,3H3/t19-/m1/s1. The van der Waals surface area contributed by atoms with Gasteiger partial charge in [-0.25, -0.2) is 9.83 Å². The summed E-state index contributed by atoms with van der Waals surface area (Å²) in [6.07, 6.45) is 7.87. The van der Waals surface area contributed by atoms with Crippen molar-refractivity contribution in [1.29, 1.82) is 0 Å². The maximum atomic E-state index is 7.27. The Balaban J connectivity index is 1.61. The molecule has 1 saturated heterocycles. The first kappa shape index (κ1) is 21.1. The summed E-state index contributed by atoms with van der Waals surface area (Å²) in [6.45, 7) is 12.0. The molecule has 7 nitrogen and oxygen atoms in total. The Labute approximate surface area is 193 Å². The molecule has 0 spiro atoms. The van der Waals surface area contributed by atoms with E-state index in [1.165, 1.54) is 6.42 Å². The second kappa shape index (κ2) is 9.00. The molecule has 0 unspecified atom stereocenters. The fraction of sp³-hybridized carbons (Fsp3) is 0.308. The van der Waals surface area contributed by atoms with Gasteiger partial charge in [-0.15, -0.1) is 0 Å². The molecule has 166 valence electrons. The summed E-state index contributed by atoms with van der Waals surface area (Å²) < 4.78 is 8.22. The Morgan fingerprint density at radius 2 is 1.94 bits per heavy atom. The van der Waals surface area contributed by atoms with Gasteiger partial charge in [-0.2, -0.15) is 4.98 Å². The first-order chi connectivity index (χ1) is 16.1. The molecule has 0 N–H and O–H groups in total. The van der Waals surface area contributed by atoms with Crippen LogP contribution in [-0.2, 0) is 0 Å². The molecular formula is C26H26N6O. The van der Waals surface area contributed by atoms with Crippen molar-refractivity contribution >= 4 is 11.3 Å². The zero-order valence-electron chi connectivity index (χ0n) is 18.9. The van der Waals surface area contributed by atoms with Gasteiger partial charge in [-0.05, 0) is 45.0 Å². The van der Waals surface area contributed by atoms with E-state index in [4.69, 9.17) is 16.3 Å². The quantitative estimate of drug-likeness (QED) is 0.409. The fourth-order valence-electron chi connectivity index (χ4n) is 4.44. The highest BCUT2D eigenvalue weighted by atomic mass is 16.5. The van der Waals surface area contributed by atoms with E-state index in [-0.39, 0.29) is 0 Å². The van der Waals surface area contributed by atoms with E-state index >= 15 is 0 Å². The van der Waals surface area contributed by atoms with Crippen LogP contribution in [0.4, 0.5) is 5.69 Å². The summed E-state index contributed by atoms with van der Waals surface area (Å²) in [7, 11) is 2.16. The molecule has 3 aromatic heterocycles. The van der Waals surface area contributed by atoms with E-state index < -0.39 is 0 Å². The SMILES string of the molecule is [C-]#[N+]c1ccc(-c2nc(OC[C@@H]3CCCN(C)C3)n3ccnc3c2-c2ccc(C)nc2)cc1. The molecule has 33 heavy (non-hydrogen) atoms. The molecular weight excluding hydrogens is 412 g/mol. The van der Waals surface area contributed by atoms with Crippen LogP contribution in [0.3, 0.4) is 0 Å². The molecule has 1 fully saturated rings. The lowest BCUT2D eigenvalue weighted by Gasteiger charge is -2.29. The van der Waals surface area contributed by atoms with Gasteiger partial charge in [-0.3, -0.25) is 9.38 Å². The Morgan fingerprint density at radius 1 is 1.12 bits per heavy atom. The third kappa shape index (κ3) is 4.30. The number of aromatic nitrogens is 4. The predicted molar refractivity (Wildman–Crippen MR) is 128 cm³/mol. The lowest BCUT2D eigenvalue weighted by molar-refractivity contribution is 0.143. The number of rotatable bonds is 5. The lowest BCUT2D eigenvalue weighted by atomic mass is 10.00. The van der Waals surface area contributed by atoms with Gasteiger partial charge in [0.1, 0.15) is 0 Å². The average molecular weight is 439 g/mol. The second-order valence-electron chi connectivity index (χ2n) is 8.67. The summed E-state index contributed by atoms with van der Waals surface area (Å²) in [6, 6.07) is 12.1. The predicted octanol–water partition coefficient (Wildman–Crippen LogP) is 5.04. The molecule has 0 aliphatic carbocycles. The minimum atomic E-state index is 0.478. The minimum Gasteiger partial charge on any atom is -0.464 e. The van der Waals surface area contributed by atoms with Crippen LogP contribution in [0.2, 0.25) is 0 Å². The van der Waals surface area contributed by atoms with Crippen LogP contribution in [0, 0.1) is 19.4 Å².